The van der Waals surface area contributed by atoms with Gasteiger partial charge in [-0.1, -0.05) is 29.8 Å². The summed E-state index contributed by atoms with van der Waals surface area (Å²) in [7, 11) is 0. The van der Waals surface area contributed by atoms with E-state index in [4.69, 9.17) is 11.6 Å². The molecule has 0 radical (unpaired) electrons. The van der Waals surface area contributed by atoms with E-state index in [1.54, 1.807) is 52.2 Å². The Morgan fingerprint density at radius 3 is 2.54 bits per heavy atom. The van der Waals surface area contributed by atoms with E-state index in [0.717, 1.165) is 0 Å². The summed E-state index contributed by atoms with van der Waals surface area (Å²) in [5, 5.41) is 7.63. The average molecular weight is 397 g/mol. The fraction of sp³-hybridized carbons (Fsp3) is 0.190. The minimum atomic E-state index is -0.363. The van der Waals surface area contributed by atoms with Crippen LogP contribution < -0.4 is 5.32 Å². The number of carbonyl (C=O) groups excluding carboxylic acids is 2. The van der Waals surface area contributed by atoms with Crippen LogP contribution in [0.5, 0.6) is 0 Å². The molecule has 0 aliphatic heterocycles. The molecule has 0 atom stereocenters. The largest absolute Gasteiger partial charge is 0.339 e. The number of halogens is 1. The van der Waals surface area contributed by atoms with Crippen LogP contribution in [0.1, 0.15) is 34.7 Å². The zero-order chi connectivity index (χ0) is 20.1. The molecule has 0 unspecified atom stereocenters. The first-order valence-corrected chi connectivity index (χ1v) is 9.42. The standard InChI is InChI=1S/C21H21ClN4O2/c1-3-25(4-2)21(28)15-8-7-9-16(14-15)23-20(27)18-12-13-26(24-18)19-11-6-5-10-17(19)22/h5-14H,3-4H2,1-2H3,(H,23,27). The van der Waals surface area contributed by atoms with Gasteiger partial charge < -0.3 is 10.2 Å². The maximum atomic E-state index is 12.6. The van der Waals surface area contributed by atoms with Crippen molar-refractivity contribution in [3.63, 3.8) is 0 Å². The molecule has 2 amide bonds. The predicted octanol–water partition coefficient (Wildman–Crippen LogP) is 4.26. The molecule has 0 aliphatic carbocycles. The van der Waals surface area contributed by atoms with Crippen LogP contribution in [0.25, 0.3) is 5.69 Å². The normalized spacial score (nSPS) is 10.5. The number of hydrogen-bond donors (Lipinski definition) is 1. The Bertz CT molecular complexity index is 995. The molecule has 6 nitrogen and oxygen atoms in total. The van der Waals surface area contributed by atoms with E-state index in [2.05, 4.69) is 10.4 Å². The van der Waals surface area contributed by atoms with Gasteiger partial charge in [-0.3, -0.25) is 9.59 Å². The Balaban J connectivity index is 1.76. The number of aromatic nitrogens is 2. The molecular weight excluding hydrogens is 376 g/mol. The van der Waals surface area contributed by atoms with E-state index in [1.165, 1.54) is 0 Å². The number of benzene rings is 2. The van der Waals surface area contributed by atoms with Gasteiger partial charge >= 0.3 is 0 Å². The van der Waals surface area contributed by atoms with Crippen LogP contribution >= 0.6 is 11.6 Å². The summed E-state index contributed by atoms with van der Waals surface area (Å²) in [5.74, 6) is -0.428. The van der Waals surface area contributed by atoms with E-state index >= 15 is 0 Å². The van der Waals surface area contributed by atoms with Crippen LogP contribution in [0.3, 0.4) is 0 Å². The maximum Gasteiger partial charge on any atom is 0.276 e. The molecule has 28 heavy (non-hydrogen) atoms. The minimum Gasteiger partial charge on any atom is -0.339 e. The van der Waals surface area contributed by atoms with Crippen molar-refractivity contribution in [2.75, 3.05) is 18.4 Å². The van der Waals surface area contributed by atoms with Crippen molar-refractivity contribution in [3.05, 3.63) is 77.1 Å². The predicted molar refractivity (Wildman–Crippen MR) is 110 cm³/mol. The lowest BCUT2D eigenvalue weighted by atomic mass is 10.1. The highest BCUT2D eigenvalue weighted by atomic mass is 35.5. The summed E-state index contributed by atoms with van der Waals surface area (Å²) in [5.41, 5.74) is 2.01. The number of rotatable bonds is 6. The topological polar surface area (TPSA) is 67.2 Å². The van der Waals surface area contributed by atoms with E-state index in [-0.39, 0.29) is 17.5 Å². The Labute approximate surface area is 168 Å². The Hall–Kier alpha value is -3.12. The van der Waals surface area contributed by atoms with Crippen LogP contribution in [0.2, 0.25) is 5.02 Å². The third kappa shape index (κ3) is 4.23. The summed E-state index contributed by atoms with van der Waals surface area (Å²) in [6.45, 7) is 5.13. The molecule has 0 aliphatic rings. The molecule has 1 heterocycles. The van der Waals surface area contributed by atoms with E-state index in [1.807, 2.05) is 32.0 Å². The van der Waals surface area contributed by atoms with Gasteiger partial charge in [0.2, 0.25) is 0 Å². The molecule has 1 aromatic heterocycles. The van der Waals surface area contributed by atoms with Crippen molar-refractivity contribution in [2.24, 2.45) is 0 Å². The molecule has 0 bridgehead atoms. The lowest BCUT2D eigenvalue weighted by molar-refractivity contribution is 0.0772. The lowest BCUT2D eigenvalue weighted by Crippen LogP contribution is -2.30. The van der Waals surface area contributed by atoms with Gasteiger partial charge in [-0.05, 0) is 50.2 Å². The van der Waals surface area contributed by atoms with Crippen molar-refractivity contribution >= 4 is 29.1 Å². The summed E-state index contributed by atoms with van der Waals surface area (Å²) >= 11 is 6.18. The van der Waals surface area contributed by atoms with E-state index < -0.39 is 0 Å². The highest BCUT2D eigenvalue weighted by Crippen LogP contribution is 2.19. The fourth-order valence-corrected chi connectivity index (χ4v) is 3.06. The van der Waals surface area contributed by atoms with Crippen molar-refractivity contribution < 1.29 is 9.59 Å². The van der Waals surface area contributed by atoms with Gasteiger partial charge in [-0.2, -0.15) is 5.10 Å². The second-order valence-corrected chi connectivity index (χ2v) is 6.52. The summed E-state index contributed by atoms with van der Waals surface area (Å²) in [6.07, 6.45) is 1.68. The highest BCUT2D eigenvalue weighted by Gasteiger charge is 2.15. The molecular formula is C21H21ClN4O2. The van der Waals surface area contributed by atoms with Gasteiger partial charge in [-0.15, -0.1) is 0 Å². The van der Waals surface area contributed by atoms with Gasteiger partial charge in [0.05, 0.1) is 10.7 Å². The van der Waals surface area contributed by atoms with Gasteiger partial charge in [0.1, 0.15) is 0 Å². The second kappa shape index (κ2) is 8.71. The van der Waals surface area contributed by atoms with Gasteiger partial charge in [0, 0.05) is 30.5 Å². The fourth-order valence-electron chi connectivity index (χ4n) is 2.84. The van der Waals surface area contributed by atoms with Crippen LogP contribution in [0.4, 0.5) is 5.69 Å². The molecule has 3 rings (SSSR count). The van der Waals surface area contributed by atoms with Crippen LogP contribution in [-0.4, -0.2) is 39.6 Å². The van der Waals surface area contributed by atoms with Crippen LogP contribution in [0, 0.1) is 0 Å². The molecule has 7 heteroatoms. The third-order valence-electron chi connectivity index (χ3n) is 4.34. The number of amides is 2. The smallest absolute Gasteiger partial charge is 0.276 e. The van der Waals surface area contributed by atoms with Gasteiger partial charge in [-0.25, -0.2) is 4.68 Å². The van der Waals surface area contributed by atoms with Crippen molar-refractivity contribution in [3.8, 4) is 5.69 Å². The first-order chi connectivity index (χ1) is 13.5. The molecule has 2 aromatic carbocycles. The first kappa shape index (κ1) is 19.6. The number of para-hydroxylation sites is 1. The second-order valence-electron chi connectivity index (χ2n) is 6.11. The molecule has 0 spiro atoms. The summed E-state index contributed by atoms with van der Waals surface area (Å²) in [6, 6.07) is 15.8. The summed E-state index contributed by atoms with van der Waals surface area (Å²) in [4.78, 5) is 26.8. The Morgan fingerprint density at radius 1 is 1.07 bits per heavy atom. The quantitative estimate of drug-likeness (QED) is 0.676. The SMILES string of the molecule is CCN(CC)C(=O)c1cccc(NC(=O)c2ccn(-c3ccccc3Cl)n2)c1. The summed E-state index contributed by atoms with van der Waals surface area (Å²) < 4.78 is 1.55. The van der Waals surface area contributed by atoms with Crippen LogP contribution in [0.15, 0.2) is 60.8 Å². The van der Waals surface area contributed by atoms with Crippen molar-refractivity contribution in [2.45, 2.75) is 13.8 Å². The molecule has 1 N–H and O–H groups in total. The minimum absolute atomic E-state index is 0.0657. The third-order valence-corrected chi connectivity index (χ3v) is 4.66. The number of carbonyl (C=O) groups is 2. The molecule has 144 valence electrons. The molecule has 0 saturated carbocycles. The van der Waals surface area contributed by atoms with E-state index in [9.17, 15) is 9.59 Å². The number of nitrogens with zero attached hydrogens (tertiary/aromatic N) is 3. The van der Waals surface area contributed by atoms with E-state index in [0.29, 0.717) is 35.1 Å². The monoisotopic (exact) mass is 396 g/mol. The van der Waals surface area contributed by atoms with Gasteiger partial charge in [0.15, 0.2) is 5.69 Å². The highest BCUT2D eigenvalue weighted by molar-refractivity contribution is 6.32. The van der Waals surface area contributed by atoms with Gasteiger partial charge in [0.25, 0.3) is 11.8 Å². The molecule has 3 aromatic rings. The average Bonchev–Trinajstić information content (AvgIpc) is 3.19. The Morgan fingerprint density at radius 2 is 1.82 bits per heavy atom. The molecule has 0 fully saturated rings. The lowest BCUT2D eigenvalue weighted by Gasteiger charge is -2.18. The zero-order valence-electron chi connectivity index (χ0n) is 15.7. The number of anilines is 1. The molecule has 0 saturated heterocycles. The Kier molecular flexibility index (Phi) is 6.11. The number of nitrogens with one attached hydrogen (secondary N) is 1. The maximum absolute atomic E-state index is 12.6. The van der Waals surface area contributed by atoms with Crippen LogP contribution in [-0.2, 0) is 0 Å². The van der Waals surface area contributed by atoms with Crippen molar-refractivity contribution in [1.82, 2.24) is 14.7 Å². The zero-order valence-corrected chi connectivity index (χ0v) is 16.5. The van der Waals surface area contributed by atoms with Crippen molar-refractivity contribution in [1.29, 1.82) is 0 Å². The first-order valence-electron chi connectivity index (χ1n) is 9.04. The number of hydrogen-bond acceptors (Lipinski definition) is 3.